The van der Waals surface area contributed by atoms with E-state index in [2.05, 4.69) is 10.4 Å². The number of amides is 1. The van der Waals surface area contributed by atoms with Crippen molar-refractivity contribution in [1.29, 1.82) is 0 Å². The van der Waals surface area contributed by atoms with Gasteiger partial charge in [-0.05, 0) is 18.6 Å². The van der Waals surface area contributed by atoms with Crippen LogP contribution in [0.4, 0.5) is 0 Å². The maximum absolute atomic E-state index is 11.8. The van der Waals surface area contributed by atoms with E-state index in [1.807, 2.05) is 31.2 Å². The van der Waals surface area contributed by atoms with Gasteiger partial charge in [-0.15, -0.1) is 0 Å². The van der Waals surface area contributed by atoms with E-state index in [4.69, 9.17) is 0 Å². The summed E-state index contributed by atoms with van der Waals surface area (Å²) in [5, 5.41) is 2.78. The summed E-state index contributed by atoms with van der Waals surface area (Å²) in [6, 6.07) is 8.04. The Labute approximate surface area is 101 Å². The molecule has 0 saturated carbocycles. The zero-order valence-corrected chi connectivity index (χ0v) is 10.4. The minimum atomic E-state index is 0.00264. The fourth-order valence-electron chi connectivity index (χ4n) is 2.01. The molecule has 0 aliphatic heterocycles. The van der Waals surface area contributed by atoms with Gasteiger partial charge in [-0.3, -0.25) is 10.2 Å². The van der Waals surface area contributed by atoms with Crippen molar-refractivity contribution in [2.24, 2.45) is 0 Å². The number of H-pyrrole nitrogens is 1. The van der Waals surface area contributed by atoms with Gasteiger partial charge in [-0.2, -0.15) is 0 Å². The second-order valence-corrected chi connectivity index (χ2v) is 4.38. The fourth-order valence-corrected chi connectivity index (χ4v) is 2.01. The van der Waals surface area contributed by atoms with Gasteiger partial charge in [0.25, 0.3) is 0 Å². The van der Waals surface area contributed by atoms with Crippen LogP contribution in [0.25, 0.3) is 10.9 Å². The number of rotatable bonds is 3. The minimum absolute atomic E-state index is 0.00264. The van der Waals surface area contributed by atoms with Gasteiger partial charge in [-0.25, -0.2) is 5.01 Å². The van der Waals surface area contributed by atoms with Crippen LogP contribution >= 0.6 is 0 Å². The monoisotopic (exact) mass is 231 g/mol. The van der Waals surface area contributed by atoms with Crippen LogP contribution in [-0.4, -0.2) is 30.0 Å². The van der Waals surface area contributed by atoms with Crippen molar-refractivity contribution in [2.45, 2.75) is 13.3 Å². The first-order valence-corrected chi connectivity index (χ1v) is 5.61. The van der Waals surface area contributed by atoms with E-state index in [1.54, 1.807) is 19.1 Å². The standard InChI is InChI=1S/C13H17N3O/c1-9-11(8-13(17)15-16(2)3)10-6-4-5-7-12(10)14-9/h4-7,14H,8H2,1-3H3,(H,15,17). The Hall–Kier alpha value is -1.81. The van der Waals surface area contributed by atoms with Crippen LogP contribution in [0.15, 0.2) is 24.3 Å². The number of aromatic amines is 1. The average Bonchev–Trinajstić information content (AvgIpc) is 2.55. The average molecular weight is 231 g/mol. The summed E-state index contributed by atoms with van der Waals surface area (Å²) in [5.41, 5.74) is 5.96. The molecule has 0 radical (unpaired) electrons. The lowest BCUT2D eigenvalue weighted by atomic mass is 10.1. The first kappa shape index (κ1) is 11.7. The number of nitrogens with zero attached hydrogens (tertiary/aromatic N) is 1. The van der Waals surface area contributed by atoms with E-state index in [-0.39, 0.29) is 5.91 Å². The van der Waals surface area contributed by atoms with Crippen molar-refractivity contribution in [3.63, 3.8) is 0 Å². The fraction of sp³-hybridized carbons (Fsp3) is 0.308. The molecule has 0 saturated heterocycles. The highest BCUT2D eigenvalue weighted by molar-refractivity contribution is 5.89. The van der Waals surface area contributed by atoms with Crippen LogP contribution in [0.5, 0.6) is 0 Å². The van der Waals surface area contributed by atoms with Crippen LogP contribution in [0.3, 0.4) is 0 Å². The van der Waals surface area contributed by atoms with Crippen LogP contribution in [0.2, 0.25) is 0 Å². The molecule has 0 fully saturated rings. The second-order valence-electron chi connectivity index (χ2n) is 4.38. The number of fused-ring (bicyclic) bond motifs is 1. The minimum Gasteiger partial charge on any atom is -0.358 e. The summed E-state index contributed by atoms with van der Waals surface area (Å²) in [5.74, 6) is 0.00264. The lowest BCUT2D eigenvalue weighted by Gasteiger charge is -2.11. The van der Waals surface area contributed by atoms with Gasteiger partial charge in [0, 0.05) is 30.7 Å². The molecule has 4 nitrogen and oxygen atoms in total. The van der Waals surface area contributed by atoms with Crippen LogP contribution in [-0.2, 0) is 11.2 Å². The van der Waals surface area contributed by atoms with Gasteiger partial charge < -0.3 is 4.98 Å². The number of hydrogen-bond acceptors (Lipinski definition) is 2. The number of para-hydroxylation sites is 1. The molecule has 0 aliphatic carbocycles. The molecule has 2 rings (SSSR count). The van der Waals surface area contributed by atoms with Crippen LogP contribution < -0.4 is 5.43 Å². The third kappa shape index (κ3) is 2.47. The molecule has 0 bridgehead atoms. The molecule has 4 heteroatoms. The Morgan fingerprint density at radius 1 is 1.35 bits per heavy atom. The van der Waals surface area contributed by atoms with Crippen LogP contribution in [0, 0.1) is 6.92 Å². The van der Waals surface area contributed by atoms with E-state index < -0.39 is 0 Å². The third-order valence-electron chi connectivity index (χ3n) is 2.71. The number of nitrogens with one attached hydrogen (secondary N) is 2. The van der Waals surface area contributed by atoms with Gasteiger partial charge in [0.15, 0.2) is 0 Å². The Morgan fingerprint density at radius 3 is 2.76 bits per heavy atom. The molecule has 0 atom stereocenters. The first-order chi connectivity index (χ1) is 8.08. The molecule has 0 unspecified atom stereocenters. The van der Waals surface area contributed by atoms with Crippen molar-refractivity contribution >= 4 is 16.8 Å². The SMILES string of the molecule is Cc1[nH]c2ccccc2c1CC(=O)NN(C)C. The number of hydrogen-bond donors (Lipinski definition) is 2. The second kappa shape index (κ2) is 4.59. The van der Waals surface area contributed by atoms with Gasteiger partial charge >= 0.3 is 0 Å². The maximum atomic E-state index is 11.8. The summed E-state index contributed by atoms with van der Waals surface area (Å²) >= 11 is 0. The summed E-state index contributed by atoms with van der Waals surface area (Å²) in [4.78, 5) is 15.0. The normalized spacial score (nSPS) is 11.1. The number of hydrazine groups is 1. The van der Waals surface area contributed by atoms with Crippen molar-refractivity contribution in [3.8, 4) is 0 Å². The van der Waals surface area contributed by atoms with E-state index in [9.17, 15) is 4.79 Å². The van der Waals surface area contributed by atoms with Gasteiger partial charge in [0.05, 0.1) is 6.42 Å². The molecule has 2 N–H and O–H groups in total. The molecular weight excluding hydrogens is 214 g/mol. The molecule has 1 aromatic carbocycles. The van der Waals surface area contributed by atoms with Crippen molar-refractivity contribution in [1.82, 2.24) is 15.4 Å². The Balaban J connectivity index is 2.29. The molecule has 0 spiro atoms. The van der Waals surface area contributed by atoms with E-state index in [0.717, 1.165) is 22.2 Å². The molecule has 2 aromatic rings. The first-order valence-electron chi connectivity index (χ1n) is 5.61. The van der Waals surface area contributed by atoms with E-state index in [0.29, 0.717) is 6.42 Å². The number of carbonyl (C=O) groups is 1. The number of carbonyl (C=O) groups excluding carboxylic acids is 1. The number of benzene rings is 1. The highest BCUT2D eigenvalue weighted by Crippen LogP contribution is 2.22. The van der Waals surface area contributed by atoms with Crippen molar-refractivity contribution in [3.05, 3.63) is 35.5 Å². The summed E-state index contributed by atoms with van der Waals surface area (Å²) in [6.07, 6.45) is 0.397. The molecule has 17 heavy (non-hydrogen) atoms. The van der Waals surface area contributed by atoms with Crippen LogP contribution in [0.1, 0.15) is 11.3 Å². The highest BCUT2D eigenvalue weighted by Gasteiger charge is 2.12. The summed E-state index contributed by atoms with van der Waals surface area (Å²) in [7, 11) is 3.61. The third-order valence-corrected chi connectivity index (χ3v) is 2.71. The largest absolute Gasteiger partial charge is 0.358 e. The Morgan fingerprint density at radius 2 is 2.06 bits per heavy atom. The van der Waals surface area contributed by atoms with Gasteiger partial charge in [-0.1, -0.05) is 18.2 Å². The topological polar surface area (TPSA) is 48.1 Å². The Bertz CT molecular complexity index is 543. The quantitative estimate of drug-likeness (QED) is 0.788. The van der Waals surface area contributed by atoms with E-state index in [1.165, 1.54) is 0 Å². The predicted molar refractivity (Wildman–Crippen MR) is 68.6 cm³/mol. The van der Waals surface area contributed by atoms with Crippen molar-refractivity contribution < 1.29 is 4.79 Å². The highest BCUT2D eigenvalue weighted by atomic mass is 16.2. The number of aryl methyl sites for hydroxylation is 1. The molecular formula is C13H17N3O. The zero-order chi connectivity index (χ0) is 12.4. The molecule has 90 valence electrons. The maximum Gasteiger partial charge on any atom is 0.238 e. The molecule has 1 aromatic heterocycles. The predicted octanol–water partition coefficient (Wildman–Crippen LogP) is 1.61. The molecule has 0 aliphatic rings. The lowest BCUT2D eigenvalue weighted by Crippen LogP contribution is -2.37. The summed E-state index contributed by atoms with van der Waals surface area (Å²) < 4.78 is 0. The van der Waals surface area contributed by atoms with Gasteiger partial charge in [0.2, 0.25) is 5.91 Å². The zero-order valence-electron chi connectivity index (χ0n) is 10.4. The summed E-state index contributed by atoms with van der Waals surface area (Å²) in [6.45, 7) is 2.00. The molecule has 1 heterocycles. The Kier molecular flexibility index (Phi) is 3.15. The van der Waals surface area contributed by atoms with Crippen molar-refractivity contribution in [2.75, 3.05) is 14.1 Å². The lowest BCUT2D eigenvalue weighted by molar-refractivity contribution is -0.124. The molecule has 1 amide bonds. The van der Waals surface area contributed by atoms with Gasteiger partial charge in [0.1, 0.15) is 0 Å². The smallest absolute Gasteiger partial charge is 0.238 e. The van der Waals surface area contributed by atoms with E-state index >= 15 is 0 Å². The number of aromatic nitrogens is 1.